The molecular weight excluding hydrogens is 254 g/mol. The first-order chi connectivity index (χ1) is 9.24. The van der Waals surface area contributed by atoms with Gasteiger partial charge in [-0.25, -0.2) is 0 Å². The topological polar surface area (TPSA) is 12.0 Å². The smallest absolute Gasteiger partial charge is 0.0408 e. The highest BCUT2D eigenvalue weighted by Crippen LogP contribution is 2.33. The molecule has 0 spiro atoms. The highest BCUT2D eigenvalue weighted by atomic mass is 35.5. The predicted octanol–water partition coefficient (Wildman–Crippen LogP) is 4.43. The molecule has 1 N–H and O–H groups in total. The zero-order valence-corrected chi connectivity index (χ0v) is 11.9. The van der Waals surface area contributed by atoms with Gasteiger partial charge in [0.15, 0.2) is 0 Å². The molecule has 1 unspecified atom stereocenters. The second-order valence-corrected chi connectivity index (χ2v) is 5.68. The van der Waals surface area contributed by atoms with E-state index in [1.807, 2.05) is 6.07 Å². The van der Waals surface area contributed by atoms with Gasteiger partial charge in [0.05, 0.1) is 0 Å². The zero-order chi connectivity index (χ0) is 13.2. The number of nitrogens with one attached hydrogen (secondary N) is 1. The van der Waals surface area contributed by atoms with Crippen LogP contribution in [0.15, 0.2) is 42.5 Å². The highest BCUT2D eigenvalue weighted by molar-refractivity contribution is 6.30. The quantitative estimate of drug-likeness (QED) is 0.871. The molecule has 0 heterocycles. The SMILES string of the molecule is Cc1ccccc1CNC1CCc2cc(Cl)ccc21. The van der Waals surface area contributed by atoms with Gasteiger partial charge >= 0.3 is 0 Å². The average Bonchev–Trinajstić information content (AvgIpc) is 2.80. The molecule has 2 aromatic rings. The van der Waals surface area contributed by atoms with Crippen molar-refractivity contribution in [2.45, 2.75) is 32.4 Å². The van der Waals surface area contributed by atoms with E-state index in [1.165, 1.54) is 28.7 Å². The summed E-state index contributed by atoms with van der Waals surface area (Å²) < 4.78 is 0. The Balaban J connectivity index is 1.72. The van der Waals surface area contributed by atoms with Gasteiger partial charge in [0, 0.05) is 17.6 Å². The Morgan fingerprint density at radius 3 is 2.89 bits per heavy atom. The van der Waals surface area contributed by atoms with Crippen LogP contribution in [0.2, 0.25) is 5.02 Å². The Kier molecular flexibility index (Phi) is 3.58. The van der Waals surface area contributed by atoms with Crippen LogP contribution < -0.4 is 5.32 Å². The second-order valence-electron chi connectivity index (χ2n) is 5.24. The molecule has 1 aliphatic carbocycles. The predicted molar refractivity (Wildman–Crippen MR) is 80.5 cm³/mol. The number of rotatable bonds is 3. The molecule has 0 aromatic heterocycles. The van der Waals surface area contributed by atoms with Gasteiger partial charge in [0.1, 0.15) is 0 Å². The fourth-order valence-electron chi connectivity index (χ4n) is 2.84. The summed E-state index contributed by atoms with van der Waals surface area (Å²) in [6.45, 7) is 3.10. The highest BCUT2D eigenvalue weighted by Gasteiger charge is 2.21. The van der Waals surface area contributed by atoms with Crippen molar-refractivity contribution >= 4 is 11.6 Å². The molecular formula is C17H18ClN. The number of hydrogen-bond acceptors (Lipinski definition) is 1. The number of benzene rings is 2. The maximum Gasteiger partial charge on any atom is 0.0408 e. The van der Waals surface area contributed by atoms with E-state index in [4.69, 9.17) is 11.6 Å². The second kappa shape index (κ2) is 5.36. The summed E-state index contributed by atoms with van der Waals surface area (Å²) >= 11 is 6.04. The Morgan fingerprint density at radius 1 is 1.21 bits per heavy atom. The number of halogens is 1. The summed E-state index contributed by atoms with van der Waals surface area (Å²) in [6.07, 6.45) is 2.29. The van der Waals surface area contributed by atoms with Crippen molar-refractivity contribution in [2.75, 3.05) is 0 Å². The molecule has 0 saturated carbocycles. The van der Waals surface area contributed by atoms with Crippen LogP contribution in [0.4, 0.5) is 0 Å². The molecule has 0 amide bonds. The van der Waals surface area contributed by atoms with Crippen LogP contribution in [0.5, 0.6) is 0 Å². The molecule has 0 saturated heterocycles. The molecule has 1 atom stereocenters. The van der Waals surface area contributed by atoms with Gasteiger partial charge in [-0.05, 0) is 54.2 Å². The molecule has 0 aliphatic heterocycles. The summed E-state index contributed by atoms with van der Waals surface area (Å²) in [4.78, 5) is 0. The van der Waals surface area contributed by atoms with Gasteiger partial charge in [0.25, 0.3) is 0 Å². The number of fused-ring (bicyclic) bond motifs is 1. The van der Waals surface area contributed by atoms with E-state index in [1.54, 1.807) is 0 Å². The minimum atomic E-state index is 0.465. The van der Waals surface area contributed by atoms with E-state index in [-0.39, 0.29) is 0 Å². The van der Waals surface area contributed by atoms with Gasteiger partial charge in [-0.15, -0.1) is 0 Å². The molecule has 0 radical (unpaired) electrons. The molecule has 0 fully saturated rings. The molecule has 3 rings (SSSR count). The monoisotopic (exact) mass is 271 g/mol. The minimum Gasteiger partial charge on any atom is -0.306 e. The summed E-state index contributed by atoms with van der Waals surface area (Å²) in [7, 11) is 0. The Hall–Kier alpha value is -1.31. The summed E-state index contributed by atoms with van der Waals surface area (Å²) in [5, 5.41) is 4.52. The molecule has 19 heavy (non-hydrogen) atoms. The molecule has 2 heteroatoms. The van der Waals surface area contributed by atoms with Crippen LogP contribution in [-0.2, 0) is 13.0 Å². The van der Waals surface area contributed by atoms with Crippen molar-refractivity contribution in [1.82, 2.24) is 5.32 Å². The molecule has 2 aromatic carbocycles. The summed E-state index contributed by atoms with van der Waals surface area (Å²) in [6, 6.07) is 15.3. The van der Waals surface area contributed by atoms with Crippen molar-refractivity contribution in [2.24, 2.45) is 0 Å². The first-order valence-corrected chi connectivity index (χ1v) is 7.18. The fourth-order valence-corrected chi connectivity index (χ4v) is 3.03. The van der Waals surface area contributed by atoms with Crippen LogP contribution in [0.3, 0.4) is 0 Å². The van der Waals surface area contributed by atoms with Gasteiger partial charge in [0.2, 0.25) is 0 Å². The Labute approximate surface area is 119 Å². The van der Waals surface area contributed by atoms with E-state index in [9.17, 15) is 0 Å². The van der Waals surface area contributed by atoms with Crippen LogP contribution in [0.1, 0.15) is 34.7 Å². The van der Waals surface area contributed by atoms with Crippen molar-refractivity contribution in [3.05, 3.63) is 69.7 Å². The maximum absolute atomic E-state index is 6.04. The molecule has 1 aliphatic rings. The lowest BCUT2D eigenvalue weighted by atomic mass is 10.1. The lowest BCUT2D eigenvalue weighted by molar-refractivity contribution is 0.529. The molecule has 98 valence electrons. The van der Waals surface area contributed by atoms with Gasteiger partial charge < -0.3 is 5.32 Å². The van der Waals surface area contributed by atoms with Crippen molar-refractivity contribution in [1.29, 1.82) is 0 Å². The van der Waals surface area contributed by atoms with Crippen LogP contribution in [-0.4, -0.2) is 0 Å². The van der Waals surface area contributed by atoms with Crippen LogP contribution >= 0.6 is 11.6 Å². The number of hydrogen-bond donors (Lipinski definition) is 1. The minimum absolute atomic E-state index is 0.465. The van der Waals surface area contributed by atoms with Crippen molar-refractivity contribution < 1.29 is 0 Å². The lowest BCUT2D eigenvalue weighted by Gasteiger charge is -2.15. The normalized spacial score (nSPS) is 17.5. The van der Waals surface area contributed by atoms with E-state index >= 15 is 0 Å². The summed E-state index contributed by atoms with van der Waals surface area (Å²) in [5.74, 6) is 0. The van der Waals surface area contributed by atoms with Crippen LogP contribution in [0.25, 0.3) is 0 Å². The zero-order valence-electron chi connectivity index (χ0n) is 11.1. The first kappa shape index (κ1) is 12.7. The Morgan fingerprint density at radius 2 is 2.05 bits per heavy atom. The van der Waals surface area contributed by atoms with Gasteiger partial charge in [-0.2, -0.15) is 0 Å². The summed E-state index contributed by atoms with van der Waals surface area (Å²) in [5.41, 5.74) is 5.54. The van der Waals surface area contributed by atoms with Crippen LogP contribution in [0, 0.1) is 6.92 Å². The Bertz CT molecular complexity index is 592. The van der Waals surface area contributed by atoms with Gasteiger partial charge in [-0.1, -0.05) is 41.9 Å². The number of aryl methyl sites for hydroxylation is 2. The van der Waals surface area contributed by atoms with Crippen molar-refractivity contribution in [3.8, 4) is 0 Å². The largest absolute Gasteiger partial charge is 0.306 e. The third-order valence-corrected chi connectivity index (χ3v) is 4.22. The van der Waals surface area contributed by atoms with E-state index in [2.05, 4.69) is 48.6 Å². The third-order valence-electron chi connectivity index (χ3n) is 3.98. The average molecular weight is 272 g/mol. The van der Waals surface area contributed by atoms with E-state index < -0.39 is 0 Å². The lowest BCUT2D eigenvalue weighted by Crippen LogP contribution is -2.19. The maximum atomic E-state index is 6.04. The fraction of sp³-hybridized carbons (Fsp3) is 0.294. The standard InChI is InChI=1S/C17H18ClN/c1-12-4-2-3-5-14(12)11-19-17-9-6-13-10-15(18)7-8-16(13)17/h2-5,7-8,10,17,19H,6,9,11H2,1H3. The molecule has 0 bridgehead atoms. The third kappa shape index (κ3) is 2.68. The molecule has 1 nitrogen and oxygen atoms in total. The van der Waals surface area contributed by atoms with E-state index in [0.29, 0.717) is 6.04 Å². The van der Waals surface area contributed by atoms with Crippen molar-refractivity contribution in [3.63, 3.8) is 0 Å². The first-order valence-electron chi connectivity index (χ1n) is 6.80. The van der Waals surface area contributed by atoms with E-state index in [0.717, 1.165) is 18.0 Å². The van der Waals surface area contributed by atoms with Gasteiger partial charge in [-0.3, -0.25) is 0 Å².